The summed E-state index contributed by atoms with van der Waals surface area (Å²) in [4.78, 5) is 0. The van der Waals surface area contributed by atoms with Crippen molar-refractivity contribution < 1.29 is 14.2 Å². The zero-order chi connectivity index (χ0) is 12.0. The van der Waals surface area contributed by atoms with Crippen molar-refractivity contribution in [3.63, 3.8) is 0 Å². The molecule has 0 heterocycles. The van der Waals surface area contributed by atoms with Crippen molar-refractivity contribution in [1.29, 1.82) is 0 Å². The second-order valence-electron chi connectivity index (χ2n) is 3.15. The fraction of sp³-hybridized carbons (Fsp3) is 0.455. The Morgan fingerprint density at radius 3 is 2.56 bits per heavy atom. The number of nitrogens with two attached hydrogens (primary N) is 1. The summed E-state index contributed by atoms with van der Waals surface area (Å²) < 4.78 is 15.6. The molecule has 0 atom stereocenters. The molecule has 0 aliphatic rings. The molecule has 0 radical (unpaired) electrons. The van der Waals surface area contributed by atoms with Crippen molar-refractivity contribution in [2.75, 3.05) is 27.4 Å². The van der Waals surface area contributed by atoms with E-state index >= 15 is 0 Å². The normalized spacial score (nSPS) is 10.2. The van der Waals surface area contributed by atoms with E-state index in [2.05, 4.69) is 0 Å². The molecule has 2 N–H and O–H groups in total. The number of hydrogen-bond acceptors (Lipinski definition) is 4. The van der Waals surface area contributed by atoms with Gasteiger partial charge in [-0.3, -0.25) is 0 Å². The van der Waals surface area contributed by atoms with Crippen LogP contribution in [0.15, 0.2) is 12.1 Å². The van der Waals surface area contributed by atoms with Gasteiger partial charge < -0.3 is 19.9 Å². The third-order valence-corrected chi connectivity index (χ3v) is 2.34. The van der Waals surface area contributed by atoms with Crippen LogP contribution < -0.4 is 15.2 Å². The van der Waals surface area contributed by atoms with E-state index in [1.54, 1.807) is 20.3 Å². The van der Waals surface area contributed by atoms with E-state index in [0.717, 1.165) is 5.56 Å². The minimum Gasteiger partial charge on any atom is -0.493 e. The predicted octanol–water partition coefficient (Wildman–Crippen LogP) is 1.83. The lowest BCUT2D eigenvalue weighted by Crippen LogP contribution is -2.06. The maximum Gasteiger partial charge on any atom is 0.179 e. The summed E-state index contributed by atoms with van der Waals surface area (Å²) >= 11 is 6.07. The van der Waals surface area contributed by atoms with Crippen molar-refractivity contribution in [2.45, 2.75) is 6.54 Å². The van der Waals surface area contributed by atoms with Crippen LogP contribution in [0.3, 0.4) is 0 Å². The van der Waals surface area contributed by atoms with Gasteiger partial charge in [0.05, 0.1) is 18.7 Å². The Labute approximate surface area is 100 Å². The van der Waals surface area contributed by atoms with Gasteiger partial charge in [-0.05, 0) is 17.7 Å². The van der Waals surface area contributed by atoms with E-state index in [0.29, 0.717) is 36.3 Å². The molecule has 0 saturated heterocycles. The molecule has 4 nitrogen and oxygen atoms in total. The molecule has 16 heavy (non-hydrogen) atoms. The molecule has 0 saturated carbocycles. The molecule has 0 spiro atoms. The molecule has 1 rings (SSSR count). The standard InChI is InChI=1S/C11H16ClNO3/c1-14-3-4-16-11-9(12)5-8(7-13)6-10(11)15-2/h5-6H,3-4,7,13H2,1-2H3. The molecule has 0 aliphatic heterocycles. The quantitative estimate of drug-likeness (QED) is 0.777. The Balaban J connectivity index is 2.88. The topological polar surface area (TPSA) is 53.7 Å². The summed E-state index contributed by atoms with van der Waals surface area (Å²) in [6, 6.07) is 3.58. The summed E-state index contributed by atoms with van der Waals surface area (Å²) in [5.74, 6) is 1.11. The van der Waals surface area contributed by atoms with Gasteiger partial charge in [-0.25, -0.2) is 0 Å². The first-order valence-electron chi connectivity index (χ1n) is 4.91. The van der Waals surface area contributed by atoms with Gasteiger partial charge in [0.1, 0.15) is 6.61 Å². The smallest absolute Gasteiger partial charge is 0.179 e. The highest BCUT2D eigenvalue weighted by molar-refractivity contribution is 6.32. The van der Waals surface area contributed by atoms with Gasteiger partial charge in [0.25, 0.3) is 0 Å². The molecule has 0 amide bonds. The molecule has 90 valence electrons. The van der Waals surface area contributed by atoms with E-state index in [9.17, 15) is 0 Å². The lowest BCUT2D eigenvalue weighted by Gasteiger charge is -2.13. The Morgan fingerprint density at radius 1 is 1.25 bits per heavy atom. The van der Waals surface area contributed by atoms with Gasteiger partial charge in [-0.2, -0.15) is 0 Å². The highest BCUT2D eigenvalue weighted by atomic mass is 35.5. The Hall–Kier alpha value is -0.970. The molecule has 0 aliphatic carbocycles. The van der Waals surface area contributed by atoms with Crippen LogP contribution in [0, 0.1) is 0 Å². The number of ether oxygens (including phenoxy) is 3. The van der Waals surface area contributed by atoms with Crippen molar-refractivity contribution in [3.8, 4) is 11.5 Å². The number of methoxy groups -OCH3 is 2. The van der Waals surface area contributed by atoms with Crippen LogP contribution in [-0.2, 0) is 11.3 Å². The number of halogens is 1. The minimum absolute atomic E-state index is 0.411. The molecule has 1 aromatic carbocycles. The Morgan fingerprint density at radius 2 is 2.00 bits per heavy atom. The molecule has 0 aromatic heterocycles. The average Bonchev–Trinajstić information content (AvgIpc) is 2.30. The molecule has 5 heteroatoms. The zero-order valence-electron chi connectivity index (χ0n) is 9.46. The Kier molecular flexibility index (Phi) is 5.38. The largest absolute Gasteiger partial charge is 0.493 e. The summed E-state index contributed by atoms with van der Waals surface area (Å²) in [5.41, 5.74) is 6.44. The summed E-state index contributed by atoms with van der Waals surface area (Å²) in [6.45, 7) is 1.33. The SMILES string of the molecule is COCCOc1c(Cl)cc(CN)cc1OC. The lowest BCUT2D eigenvalue weighted by molar-refractivity contribution is 0.144. The maximum absolute atomic E-state index is 6.07. The van der Waals surface area contributed by atoms with Crippen molar-refractivity contribution in [2.24, 2.45) is 5.73 Å². The van der Waals surface area contributed by atoms with Gasteiger partial charge in [-0.15, -0.1) is 0 Å². The average molecular weight is 246 g/mol. The lowest BCUT2D eigenvalue weighted by atomic mass is 10.2. The monoisotopic (exact) mass is 245 g/mol. The Bertz CT molecular complexity index is 344. The second-order valence-corrected chi connectivity index (χ2v) is 3.56. The second kappa shape index (κ2) is 6.58. The van der Waals surface area contributed by atoms with Gasteiger partial charge in [-0.1, -0.05) is 11.6 Å². The predicted molar refractivity (Wildman–Crippen MR) is 63.3 cm³/mol. The van der Waals surface area contributed by atoms with Crippen molar-refractivity contribution in [1.82, 2.24) is 0 Å². The third kappa shape index (κ3) is 3.27. The number of rotatable bonds is 6. The first kappa shape index (κ1) is 13.1. The van der Waals surface area contributed by atoms with Crippen LogP contribution in [0.5, 0.6) is 11.5 Å². The molecule has 0 unspecified atom stereocenters. The van der Waals surface area contributed by atoms with E-state index in [-0.39, 0.29) is 0 Å². The van der Waals surface area contributed by atoms with Crippen molar-refractivity contribution in [3.05, 3.63) is 22.7 Å². The summed E-state index contributed by atoms with van der Waals surface area (Å²) in [7, 11) is 3.18. The van der Waals surface area contributed by atoms with Crippen LogP contribution in [0.2, 0.25) is 5.02 Å². The van der Waals surface area contributed by atoms with Crippen LogP contribution in [-0.4, -0.2) is 27.4 Å². The maximum atomic E-state index is 6.07. The third-order valence-electron chi connectivity index (χ3n) is 2.06. The highest BCUT2D eigenvalue weighted by Crippen LogP contribution is 2.36. The van der Waals surface area contributed by atoms with Crippen LogP contribution >= 0.6 is 11.6 Å². The van der Waals surface area contributed by atoms with Crippen LogP contribution in [0.4, 0.5) is 0 Å². The van der Waals surface area contributed by atoms with Gasteiger partial charge >= 0.3 is 0 Å². The van der Waals surface area contributed by atoms with Crippen LogP contribution in [0.25, 0.3) is 0 Å². The molecular formula is C11H16ClNO3. The van der Waals surface area contributed by atoms with Gasteiger partial charge in [0.15, 0.2) is 11.5 Å². The molecule has 1 aromatic rings. The fourth-order valence-corrected chi connectivity index (χ4v) is 1.55. The summed E-state index contributed by atoms with van der Waals surface area (Å²) in [6.07, 6.45) is 0. The molecular weight excluding hydrogens is 230 g/mol. The molecule has 0 fully saturated rings. The number of benzene rings is 1. The minimum atomic E-state index is 0.411. The first-order valence-corrected chi connectivity index (χ1v) is 5.29. The molecule has 0 bridgehead atoms. The van der Waals surface area contributed by atoms with Crippen molar-refractivity contribution >= 4 is 11.6 Å². The zero-order valence-corrected chi connectivity index (χ0v) is 10.2. The van der Waals surface area contributed by atoms with E-state index in [4.69, 9.17) is 31.5 Å². The summed E-state index contributed by atoms with van der Waals surface area (Å²) in [5, 5.41) is 0.496. The van der Waals surface area contributed by atoms with Gasteiger partial charge in [0, 0.05) is 13.7 Å². The van der Waals surface area contributed by atoms with E-state index in [1.165, 1.54) is 0 Å². The first-order chi connectivity index (χ1) is 7.72. The van der Waals surface area contributed by atoms with Crippen LogP contribution in [0.1, 0.15) is 5.56 Å². The number of hydrogen-bond donors (Lipinski definition) is 1. The highest BCUT2D eigenvalue weighted by Gasteiger charge is 2.11. The van der Waals surface area contributed by atoms with E-state index in [1.807, 2.05) is 6.07 Å². The fourth-order valence-electron chi connectivity index (χ4n) is 1.26. The van der Waals surface area contributed by atoms with E-state index < -0.39 is 0 Å². The van der Waals surface area contributed by atoms with Gasteiger partial charge in [0.2, 0.25) is 0 Å².